The Labute approximate surface area is 109 Å². The van der Waals surface area contributed by atoms with Crippen molar-refractivity contribution >= 4 is 39.1 Å². The fraction of sp³-hybridized carbons (Fsp3) is 0.308. The molecule has 2 nitrogen and oxygen atoms in total. The summed E-state index contributed by atoms with van der Waals surface area (Å²) in [7, 11) is 0. The van der Waals surface area contributed by atoms with E-state index in [1.807, 2.05) is 34.9 Å². The number of amides is 1. The van der Waals surface area contributed by atoms with Crippen molar-refractivity contribution in [2.24, 2.45) is 0 Å². The normalized spacial score (nSPS) is 16.4. The molecule has 4 heteroatoms. The highest BCUT2D eigenvalue weighted by molar-refractivity contribution is 7.99. The maximum Gasteiger partial charge on any atom is 0.253 e. The molecule has 0 N–H and O–H groups in total. The minimum atomic E-state index is 0.179. The van der Waals surface area contributed by atoms with Crippen LogP contribution in [0.25, 0.3) is 10.1 Å². The maximum atomic E-state index is 12.3. The molecule has 1 saturated heterocycles. The number of nitrogens with zero attached hydrogens (tertiary/aromatic N) is 1. The minimum Gasteiger partial charge on any atom is -0.337 e. The topological polar surface area (TPSA) is 20.3 Å². The van der Waals surface area contributed by atoms with E-state index in [0.29, 0.717) is 0 Å². The number of hydrogen-bond acceptors (Lipinski definition) is 3. The first-order chi connectivity index (χ1) is 8.34. The number of benzene rings is 1. The van der Waals surface area contributed by atoms with Gasteiger partial charge in [0.25, 0.3) is 5.91 Å². The molecule has 2 heterocycles. The molecule has 0 radical (unpaired) electrons. The Bertz CT molecular complexity index is 543. The third-order valence-electron chi connectivity index (χ3n) is 3.00. The van der Waals surface area contributed by atoms with Crippen molar-refractivity contribution in [1.29, 1.82) is 0 Å². The number of thioether (sulfide) groups is 1. The maximum absolute atomic E-state index is 12.3. The zero-order valence-electron chi connectivity index (χ0n) is 9.39. The Kier molecular flexibility index (Phi) is 3.07. The summed E-state index contributed by atoms with van der Waals surface area (Å²) in [6.07, 6.45) is 0. The number of hydrogen-bond donors (Lipinski definition) is 0. The smallest absolute Gasteiger partial charge is 0.253 e. The molecular weight excluding hydrogens is 250 g/mol. The van der Waals surface area contributed by atoms with Gasteiger partial charge in [-0.15, -0.1) is 11.3 Å². The Balaban J connectivity index is 1.88. The number of rotatable bonds is 1. The Morgan fingerprint density at radius 2 is 2.00 bits per heavy atom. The number of carbonyl (C=O) groups is 1. The van der Waals surface area contributed by atoms with Gasteiger partial charge in [0.05, 0.1) is 0 Å². The molecule has 3 rings (SSSR count). The van der Waals surface area contributed by atoms with E-state index in [1.54, 1.807) is 11.3 Å². The summed E-state index contributed by atoms with van der Waals surface area (Å²) >= 11 is 3.64. The highest BCUT2D eigenvalue weighted by Crippen LogP contribution is 2.23. The minimum absolute atomic E-state index is 0.179. The van der Waals surface area contributed by atoms with E-state index >= 15 is 0 Å². The molecular formula is C13H13NOS2. The van der Waals surface area contributed by atoms with Gasteiger partial charge in [-0.25, -0.2) is 0 Å². The third-order valence-corrected chi connectivity index (χ3v) is 4.84. The average molecular weight is 263 g/mol. The molecule has 0 saturated carbocycles. The molecule has 0 bridgehead atoms. The van der Waals surface area contributed by atoms with Crippen LogP contribution < -0.4 is 0 Å². The van der Waals surface area contributed by atoms with E-state index in [9.17, 15) is 4.79 Å². The second-order valence-electron chi connectivity index (χ2n) is 4.08. The standard InChI is InChI=1S/C13H13NOS2/c15-13(14-4-7-16-8-5-14)11-1-2-12-10(9-11)3-6-17-12/h1-3,6,9H,4-5,7-8H2. The molecule has 0 spiro atoms. The van der Waals surface area contributed by atoms with Gasteiger partial charge in [0, 0.05) is 34.9 Å². The van der Waals surface area contributed by atoms with Gasteiger partial charge in [-0.1, -0.05) is 0 Å². The molecule has 0 atom stereocenters. The molecule has 2 aromatic rings. The van der Waals surface area contributed by atoms with E-state index in [4.69, 9.17) is 0 Å². The van der Waals surface area contributed by atoms with E-state index < -0.39 is 0 Å². The second-order valence-corrected chi connectivity index (χ2v) is 6.25. The van der Waals surface area contributed by atoms with Crippen LogP contribution >= 0.6 is 23.1 Å². The molecule has 17 heavy (non-hydrogen) atoms. The summed E-state index contributed by atoms with van der Waals surface area (Å²) in [4.78, 5) is 14.2. The van der Waals surface area contributed by atoms with Gasteiger partial charge in [-0.2, -0.15) is 11.8 Å². The predicted octanol–water partition coefficient (Wildman–Crippen LogP) is 3.09. The molecule has 1 aromatic carbocycles. The van der Waals surface area contributed by atoms with Crippen LogP contribution in [0.2, 0.25) is 0 Å². The monoisotopic (exact) mass is 263 g/mol. The zero-order chi connectivity index (χ0) is 11.7. The van der Waals surface area contributed by atoms with Crippen molar-refractivity contribution in [3.63, 3.8) is 0 Å². The average Bonchev–Trinajstić information content (AvgIpc) is 2.86. The van der Waals surface area contributed by atoms with Crippen LogP contribution in [0.3, 0.4) is 0 Å². The van der Waals surface area contributed by atoms with Crippen molar-refractivity contribution in [2.45, 2.75) is 0 Å². The molecule has 1 amide bonds. The first kappa shape index (κ1) is 11.1. The number of thiophene rings is 1. The van der Waals surface area contributed by atoms with Crippen molar-refractivity contribution < 1.29 is 4.79 Å². The lowest BCUT2D eigenvalue weighted by molar-refractivity contribution is 0.0772. The lowest BCUT2D eigenvalue weighted by Gasteiger charge is -2.26. The lowest BCUT2D eigenvalue weighted by atomic mass is 10.1. The van der Waals surface area contributed by atoms with E-state index in [2.05, 4.69) is 11.4 Å². The van der Waals surface area contributed by atoms with Gasteiger partial charge in [0.1, 0.15) is 0 Å². The summed E-state index contributed by atoms with van der Waals surface area (Å²) in [5, 5.41) is 3.24. The Hall–Kier alpha value is -1.000. The summed E-state index contributed by atoms with van der Waals surface area (Å²) in [5.74, 6) is 2.30. The van der Waals surface area contributed by atoms with E-state index in [0.717, 1.165) is 30.2 Å². The highest BCUT2D eigenvalue weighted by Gasteiger charge is 2.18. The van der Waals surface area contributed by atoms with Crippen LogP contribution in [-0.4, -0.2) is 35.4 Å². The Morgan fingerprint density at radius 1 is 1.18 bits per heavy atom. The molecule has 1 aliphatic heterocycles. The fourth-order valence-electron chi connectivity index (χ4n) is 2.05. The van der Waals surface area contributed by atoms with Crippen LogP contribution in [0.5, 0.6) is 0 Å². The van der Waals surface area contributed by atoms with E-state index in [-0.39, 0.29) is 5.91 Å². The molecule has 0 aliphatic carbocycles. The van der Waals surface area contributed by atoms with Gasteiger partial charge < -0.3 is 4.90 Å². The van der Waals surface area contributed by atoms with Crippen LogP contribution in [0.15, 0.2) is 29.6 Å². The van der Waals surface area contributed by atoms with E-state index in [1.165, 1.54) is 10.1 Å². The SMILES string of the molecule is O=C(c1ccc2sccc2c1)N1CCSCC1. The van der Waals surface area contributed by atoms with Crippen LogP contribution in [0.1, 0.15) is 10.4 Å². The lowest BCUT2D eigenvalue weighted by Crippen LogP contribution is -2.37. The first-order valence-electron chi connectivity index (χ1n) is 5.69. The zero-order valence-corrected chi connectivity index (χ0v) is 11.0. The van der Waals surface area contributed by atoms with Crippen molar-refractivity contribution in [3.8, 4) is 0 Å². The second kappa shape index (κ2) is 4.70. The van der Waals surface area contributed by atoms with Gasteiger partial charge in [-0.05, 0) is 35.0 Å². The molecule has 1 aliphatic rings. The molecule has 88 valence electrons. The van der Waals surface area contributed by atoms with Crippen LogP contribution in [0.4, 0.5) is 0 Å². The summed E-state index contributed by atoms with van der Waals surface area (Å²) < 4.78 is 1.25. The summed E-state index contributed by atoms with van der Waals surface area (Å²) in [5.41, 5.74) is 0.822. The predicted molar refractivity (Wildman–Crippen MR) is 75.1 cm³/mol. The number of carbonyl (C=O) groups excluding carboxylic acids is 1. The number of fused-ring (bicyclic) bond motifs is 1. The van der Waals surface area contributed by atoms with Gasteiger partial charge in [0.15, 0.2) is 0 Å². The Morgan fingerprint density at radius 3 is 2.82 bits per heavy atom. The molecule has 1 aromatic heterocycles. The quantitative estimate of drug-likeness (QED) is 0.788. The van der Waals surface area contributed by atoms with Crippen molar-refractivity contribution in [1.82, 2.24) is 4.90 Å². The van der Waals surface area contributed by atoms with Gasteiger partial charge in [0.2, 0.25) is 0 Å². The largest absolute Gasteiger partial charge is 0.337 e. The fourth-order valence-corrected chi connectivity index (χ4v) is 3.72. The third kappa shape index (κ3) is 2.19. The van der Waals surface area contributed by atoms with Gasteiger partial charge in [-0.3, -0.25) is 4.79 Å². The summed E-state index contributed by atoms with van der Waals surface area (Å²) in [6, 6.07) is 8.08. The van der Waals surface area contributed by atoms with Gasteiger partial charge >= 0.3 is 0 Å². The summed E-state index contributed by atoms with van der Waals surface area (Å²) in [6.45, 7) is 1.76. The highest BCUT2D eigenvalue weighted by atomic mass is 32.2. The molecule has 0 unspecified atom stereocenters. The molecule has 1 fully saturated rings. The van der Waals surface area contributed by atoms with Crippen molar-refractivity contribution in [2.75, 3.05) is 24.6 Å². The van der Waals surface area contributed by atoms with Crippen LogP contribution in [-0.2, 0) is 0 Å². The van der Waals surface area contributed by atoms with Crippen molar-refractivity contribution in [3.05, 3.63) is 35.2 Å². The first-order valence-corrected chi connectivity index (χ1v) is 7.72. The van der Waals surface area contributed by atoms with Crippen LogP contribution in [0, 0.1) is 0 Å².